The lowest BCUT2D eigenvalue weighted by molar-refractivity contribution is 0.334. The number of nitrogens with zero attached hydrogens (tertiary/aromatic N) is 1. The van der Waals surface area contributed by atoms with Crippen LogP contribution >= 0.6 is 11.6 Å². The summed E-state index contributed by atoms with van der Waals surface area (Å²) in [4.78, 5) is 2.47. The van der Waals surface area contributed by atoms with Gasteiger partial charge in [0.1, 0.15) is 0 Å². The predicted molar refractivity (Wildman–Crippen MR) is 70.3 cm³/mol. The minimum atomic E-state index is 0.144. The third-order valence-corrected chi connectivity index (χ3v) is 3.45. The molecule has 2 nitrogen and oxygen atoms in total. The summed E-state index contributed by atoms with van der Waals surface area (Å²) in [6.45, 7) is 8.84. The van der Waals surface area contributed by atoms with E-state index in [1.54, 1.807) is 0 Å². The van der Waals surface area contributed by atoms with Crippen molar-refractivity contribution in [3.8, 4) is 0 Å². The number of anilines is 1. The van der Waals surface area contributed by atoms with Gasteiger partial charge in [-0.1, -0.05) is 11.6 Å². The fourth-order valence-electron chi connectivity index (χ4n) is 2.57. The van der Waals surface area contributed by atoms with E-state index in [1.165, 1.54) is 5.69 Å². The highest BCUT2D eigenvalue weighted by atomic mass is 35.5. The molecule has 1 unspecified atom stereocenters. The Morgan fingerprint density at radius 3 is 2.50 bits per heavy atom. The van der Waals surface area contributed by atoms with E-state index in [0.29, 0.717) is 6.04 Å². The molecule has 1 N–H and O–H groups in total. The Balaban J connectivity index is 2.32. The number of benzene rings is 1. The summed E-state index contributed by atoms with van der Waals surface area (Å²) in [5.41, 5.74) is 1.40. The summed E-state index contributed by atoms with van der Waals surface area (Å²) in [5, 5.41) is 4.26. The van der Waals surface area contributed by atoms with Crippen LogP contribution in [0.25, 0.3) is 0 Å². The van der Waals surface area contributed by atoms with Crippen LogP contribution in [-0.4, -0.2) is 24.7 Å². The predicted octanol–water partition coefficient (Wildman–Crippen LogP) is 2.92. The highest BCUT2D eigenvalue weighted by molar-refractivity contribution is 6.30. The molecule has 88 valence electrons. The van der Waals surface area contributed by atoms with Crippen molar-refractivity contribution in [2.24, 2.45) is 0 Å². The molecule has 1 heterocycles. The summed E-state index contributed by atoms with van der Waals surface area (Å²) >= 11 is 5.93. The molecule has 1 saturated heterocycles. The zero-order valence-corrected chi connectivity index (χ0v) is 10.9. The molecule has 0 radical (unpaired) electrons. The molecule has 0 aromatic heterocycles. The largest absolute Gasteiger partial charge is 0.361 e. The average molecular weight is 239 g/mol. The van der Waals surface area contributed by atoms with Gasteiger partial charge in [0.25, 0.3) is 0 Å². The van der Waals surface area contributed by atoms with Crippen LogP contribution in [0.5, 0.6) is 0 Å². The van der Waals surface area contributed by atoms with E-state index in [4.69, 9.17) is 11.6 Å². The minimum Gasteiger partial charge on any atom is -0.361 e. The Hall–Kier alpha value is -0.730. The lowest BCUT2D eigenvalue weighted by atomic mass is 9.95. The van der Waals surface area contributed by atoms with Gasteiger partial charge in [-0.3, -0.25) is 0 Å². The van der Waals surface area contributed by atoms with Crippen molar-refractivity contribution in [1.82, 2.24) is 5.32 Å². The molecule has 1 aliphatic heterocycles. The normalized spacial score (nSPS) is 24.5. The van der Waals surface area contributed by atoms with E-state index in [9.17, 15) is 0 Å². The first-order chi connectivity index (χ1) is 7.50. The Kier molecular flexibility index (Phi) is 3.13. The van der Waals surface area contributed by atoms with Crippen LogP contribution < -0.4 is 10.2 Å². The van der Waals surface area contributed by atoms with E-state index < -0.39 is 0 Å². The fraction of sp³-hybridized carbons (Fsp3) is 0.538. The monoisotopic (exact) mass is 238 g/mol. The van der Waals surface area contributed by atoms with Crippen LogP contribution in [0.15, 0.2) is 24.3 Å². The zero-order valence-electron chi connectivity index (χ0n) is 10.1. The number of hydrogen-bond donors (Lipinski definition) is 1. The van der Waals surface area contributed by atoms with Gasteiger partial charge in [-0.15, -0.1) is 0 Å². The molecule has 0 saturated carbocycles. The Morgan fingerprint density at radius 2 is 1.94 bits per heavy atom. The van der Waals surface area contributed by atoms with Gasteiger partial charge in [0.05, 0.1) is 0 Å². The molecular formula is C13H19ClN2. The summed E-state index contributed by atoms with van der Waals surface area (Å²) in [5.74, 6) is 0. The lowest BCUT2D eigenvalue weighted by Crippen LogP contribution is -2.62. The lowest BCUT2D eigenvalue weighted by Gasteiger charge is -2.48. The van der Waals surface area contributed by atoms with Gasteiger partial charge in [0, 0.05) is 35.4 Å². The molecule has 0 amide bonds. The van der Waals surface area contributed by atoms with Gasteiger partial charge in [0.15, 0.2) is 0 Å². The van der Waals surface area contributed by atoms with Crippen molar-refractivity contribution in [1.29, 1.82) is 0 Å². The van der Waals surface area contributed by atoms with Gasteiger partial charge in [-0.2, -0.15) is 0 Å². The van der Waals surface area contributed by atoms with Gasteiger partial charge in [-0.05, 0) is 45.0 Å². The van der Waals surface area contributed by atoms with E-state index in [2.05, 4.69) is 43.1 Å². The third kappa shape index (κ3) is 2.18. The van der Waals surface area contributed by atoms with Gasteiger partial charge in [0.2, 0.25) is 0 Å². The first kappa shape index (κ1) is 11.7. The maximum atomic E-state index is 5.93. The highest BCUT2D eigenvalue weighted by Crippen LogP contribution is 2.29. The molecule has 1 aromatic carbocycles. The van der Waals surface area contributed by atoms with Gasteiger partial charge < -0.3 is 10.2 Å². The Morgan fingerprint density at radius 1 is 1.31 bits per heavy atom. The van der Waals surface area contributed by atoms with Crippen molar-refractivity contribution >= 4 is 17.3 Å². The van der Waals surface area contributed by atoms with E-state index >= 15 is 0 Å². The van der Waals surface area contributed by atoms with E-state index in [1.807, 2.05) is 12.1 Å². The van der Waals surface area contributed by atoms with Crippen molar-refractivity contribution in [3.63, 3.8) is 0 Å². The molecule has 16 heavy (non-hydrogen) atoms. The van der Waals surface area contributed by atoms with Gasteiger partial charge in [-0.25, -0.2) is 0 Å². The van der Waals surface area contributed by atoms with Crippen molar-refractivity contribution < 1.29 is 0 Å². The summed E-state index contributed by atoms with van der Waals surface area (Å²) < 4.78 is 0. The molecule has 2 rings (SSSR count). The van der Waals surface area contributed by atoms with Gasteiger partial charge >= 0.3 is 0 Å². The van der Waals surface area contributed by atoms with Crippen molar-refractivity contribution in [2.75, 3.05) is 18.0 Å². The van der Waals surface area contributed by atoms with E-state index in [-0.39, 0.29) is 5.54 Å². The summed E-state index contributed by atoms with van der Waals surface area (Å²) in [7, 11) is 0. The summed E-state index contributed by atoms with van der Waals surface area (Å²) in [6, 6.07) is 8.63. The molecule has 1 atom stereocenters. The third-order valence-electron chi connectivity index (χ3n) is 3.20. The smallest absolute Gasteiger partial charge is 0.0473 e. The van der Waals surface area contributed by atoms with E-state index in [0.717, 1.165) is 18.1 Å². The number of hydrogen-bond acceptors (Lipinski definition) is 2. The first-order valence-electron chi connectivity index (χ1n) is 5.76. The minimum absolute atomic E-state index is 0.144. The first-order valence-corrected chi connectivity index (χ1v) is 6.14. The maximum Gasteiger partial charge on any atom is 0.0473 e. The Bertz CT molecular complexity index is 359. The second-order valence-corrected chi connectivity index (χ2v) is 5.58. The number of nitrogens with one attached hydrogen (secondary N) is 1. The standard InChI is InChI=1S/C13H19ClN2/c1-10-8-15-9-13(2,3)16(10)12-6-4-11(14)5-7-12/h4-7,10,15H,8-9H2,1-3H3. The topological polar surface area (TPSA) is 15.3 Å². The van der Waals surface area contributed by atoms with Crippen LogP contribution in [-0.2, 0) is 0 Å². The molecular weight excluding hydrogens is 220 g/mol. The molecule has 3 heteroatoms. The van der Waals surface area contributed by atoms with Crippen LogP contribution in [0, 0.1) is 0 Å². The highest BCUT2D eigenvalue weighted by Gasteiger charge is 2.33. The molecule has 1 aromatic rings. The van der Waals surface area contributed by atoms with Crippen molar-refractivity contribution in [3.05, 3.63) is 29.3 Å². The van der Waals surface area contributed by atoms with Crippen LogP contribution in [0.4, 0.5) is 5.69 Å². The average Bonchev–Trinajstić information content (AvgIpc) is 2.19. The quantitative estimate of drug-likeness (QED) is 0.810. The van der Waals surface area contributed by atoms with Crippen LogP contribution in [0.1, 0.15) is 20.8 Å². The van der Waals surface area contributed by atoms with Crippen LogP contribution in [0.2, 0.25) is 5.02 Å². The second-order valence-electron chi connectivity index (χ2n) is 5.14. The fourth-order valence-corrected chi connectivity index (χ4v) is 2.69. The summed E-state index contributed by atoms with van der Waals surface area (Å²) in [6.07, 6.45) is 0. The molecule has 0 bridgehead atoms. The SMILES string of the molecule is CC1CNCC(C)(C)N1c1ccc(Cl)cc1. The molecule has 0 spiro atoms. The maximum absolute atomic E-state index is 5.93. The number of rotatable bonds is 1. The Labute approximate surface area is 103 Å². The van der Waals surface area contributed by atoms with Crippen molar-refractivity contribution in [2.45, 2.75) is 32.4 Å². The molecule has 0 aliphatic carbocycles. The van der Waals surface area contributed by atoms with Crippen LogP contribution in [0.3, 0.4) is 0 Å². The molecule has 1 fully saturated rings. The molecule has 1 aliphatic rings. The zero-order chi connectivity index (χ0) is 11.8. The second kappa shape index (κ2) is 4.27. The number of halogens is 1. The number of piperazine rings is 1.